The Hall–Kier alpha value is -4.10. The monoisotopic (exact) mass is 467 g/mol. The molecule has 0 unspecified atom stereocenters. The largest absolute Gasteiger partial charge is 0.368 e. The molecule has 0 radical (unpaired) electrons. The second-order valence-corrected chi connectivity index (χ2v) is 8.81. The van der Waals surface area contributed by atoms with E-state index < -0.39 is 5.91 Å². The van der Waals surface area contributed by atoms with Gasteiger partial charge in [-0.2, -0.15) is 0 Å². The SMILES string of the molecule is NC(=O)c1cccc(-c2cnc(N)nc2[C@@H]2CCCN2Cc2cccc(-c3cccc(F)c3)c2)c1. The molecule has 0 spiro atoms. The van der Waals surface area contributed by atoms with E-state index in [9.17, 15) is 9.18 Å². The predicted molar refractivity (Wildman–Crippen MR) is 135 cm³/mol. The molecule has 1 aromatic heterocycles. The summed E-state index contributed by atoms with van der Waals surface area (Å²) in [6.07, 6.45) is 3.68. The molecule has 1 atom stereocenters. The average molecular weight is 468 g/mol. The Morgan fingerprint density at radius 1 is 1.00 bits per heavy atom. The second kappa shape index (κ2) is 9.64. The van der Waals surface area contributed by atoms with E-state index in [2.05, 4.69) is 27.0 Å². The van der Waals surface area contributed by atoms with Crippen LogP contribution in [-0.2, 0) is 6.54 Å². The third kappa shape index (κ3) is 4.90. The molecule has 1 aliphatic heterocycles. The summed E-state index contributed by atoms with van der Waals surface area (Å²) in [7, 11) is 0. The molecule has 6 nitrogen and oxygen atoms in total. The van der Waals surface area contributed by atoms with Crippen molar-refractivity contribution in [3.8, 4) is 22.3 Å². The Bertz CT molecular complexity index is 1390. The van der Waals surface area contributed by atoms with Gasteiger partial charge in [-0.05, 0) is 72.0 Å². The van der Waals surface area contributed by atoms with Gasteiger partial charge in [0.25, 0.3) is 0 Å². The molecule has 4 N–H and O–H groups in total. The van der Waals surface area contributed by atoms with E-state index in [0.29, 0.717) is 5.56 Å². The highest BCUT2D eigenvalue weighted by Crippen LogP contribution is 2.38. The number of rotatable bonds is 6. The first kappa shape index (κ1) is 22.7. The van der Waals surface area contributed by atoms with Crippen molar-refractivity contribution in [2.24, 2.45) is 5.73 Å². The maximum Gasteiger partial charge on any atom is 0.248 e. The van der Waals surface area contributed by atoms with Gasteiger partial charge < -0.3 is 11.5 Å². The van der Waals surface area contributed by atoms with Gasteiger partial charge in [0.2, 0.25) is 11.9 Å². The Kier molecular flexibility index (Phi) is 6.25. The van der Waals surface area contributed by atoms with Crippen LogP contribution in [0.1, 0.15) is 40.5 Å². The van der Waals surface area contributed by atoms with Crippen molar-refractivity contribution in [1.82, 2.24) is 14.9 Å². The topological polar surface area (TPSA) is 98.1 Å². The lowest BCUT2D eigenvalue weighted by atomic mass is 9.98. The van der Waals surface area contributed by atoms with Gasteiger partial charge in [0.1, 0.15) is 5.82 Å². The number of nitrogens with zero attached hydrogens (tertiary/aromatic N) is 3. The quantitative estimate of drug-likeness (QED) is 0.417. The molecule has 2 heterocycles. The van der Waals surface area contributed by atoms with Crippen molar-refractivity contribution in [1.29, 1.82) is 0 Å². The Morgan fingerprint density at radius 3 is 2.54 bits per heavy atom. The molecule has 3 aromatic carbocycles. The van der Waals surface area contributed by atoms with E-state index >= 15 is 0 Å². The Balaban J connectivity index is 1.46. The van der Waals surface area contributed by atoms with Crippen molar-refractivity contribution in [3.05, 3.63) is 102 Å². The molecular formula is C28H26FN5O. The number of nitrogen functional groups attached to an aromatic ring is 1. The van der Waals surface area contributed by atoms with Gasteiger partial charge >= 0.3 is 0 Å². The fourth-order valence-electron chi connectivity index (χ4n) is 4.80. The minimum Gasteiger partial charge on any atom is -0.368 e. The number of carbonyl (C=O) groups excluding carboxylic acids is 1. The normalized spacial score (nSPS) is 15.9. The van der Waals surface area contributed by atoms with Gasteiger partial charge in [0, 0.05) is 23.9 Å². The summed E-state index contributed by atoms with van der Waals surface area (Å²) in [4.78, 5) is 23.0. The van der Waals surface area contributed by atoms with Crippen molar-refractivity contribution in [2.45, 2.75) is 25.4 Å². The lowest BCUT2D eigenvalue weighted by Gasteiger charge is -2.26. The molecule has 5 rings (SSSR count). The zero-order valence-electron chi connectivity index (χ0n) is 19.2. The highest BCUT2D eigenvalue weighted by Gasteiger charge is 2.30. The van der Waals surface area contributed by atoms with Crippen LogP contribution in [0.5, 0.6) is 0 Å². The molecule has 4 aromatic rings. The number of aromatic nitrogens is 2. The summed E-state index contributed by atoms with van der Waals surface area (Å²) in [6.45, 7) is 1.64. The Morgan fingerprint density at radius 2 is 1.74 bits per heavy atom. The molecule has 1 fully saturated rings. The number of benzene rings is 3. The Labute approximate surface area is 203 Å². The molecular weight excluding hydrogens is 441 g/mol. The predicted octanol–water partition coefficient (Wildman–Crippen LogP) is 4.97. The van der Waals surface area contributed by atoms with E-state index in [1.165, 1.54) is 6.07 Å². The lowest BCUT2D eigenvalue weighted by Crippen LogP contribution is -2.24. The van der Waals surface area contributed by atoms with Crippen LogP contribution in [0.15, 0.2) is 79.0 Å². The number of primary amides is 1. The van der Waals surface area contributed by atoms with Crippen molar-refractivity contribution in [3.63, 3.8) is 0 Å². The van der Waals surface area contributed by atoms with Crippen LogP contribution in [0, 0.1) is 5.82 Å². The molecule has 1 amide bonds. The first-order valence-electron chi connectivity index (χ1n) is 11.6. The smallest absolute Gasteiger partial charge is 0.248 e. The molecule has 176 valence electrons. The van der Waals surface area contributed by atoms with Crippen molar-refractivity contribution < 1.29 is 9.18 Å². The highest BCUT2D eigenvalue weighted by molar-refractivity contribution is 5.94. The van der Waals surface area contributed by atoms with Crippen LogP contribution in [0.25, 0.3) is 22.3 Å². The van der Waals surface area contributed by atoms with Crippen LogP contribution < -0.4 is 11.5 Å². The fraction of sp³-hybridized carbons (Fsp3) is 0.179. The van der Waals surface area contributed by atoms with E-state index in [-0.39, 0.29) is 17.8 Å². The van der Waals surface area contributed by atoms with Gasteiger partial charge in [-0.3, -0.25) is 9.69 Å². The van der Waals surface area contributed by atoms with E-state index in [1.54, 1.807) is 36.5 Å². The molecule has 0 saturated carbocycles. The van der Waals surface area contributed by atoms with Crippen LogP contribution >= 0.6 is 0 Å². The van der Waals surface area contributed by atoms with Crippen LogP contribution in [0.2, 0.25) is 0 Å². The van der Waals surface area contributed by atoms with Gasteiger partial charge in [-0.1, -0.05) is 42.5 Å². The summed E-state index contributed by atoms with van der Waals surface area (Å²) in [6, 6.07) is 22.1. The number of hydrogen-bond acceptors (Lipinski definition) is 5. The number of halogens is 1. The minimum atomic E-state index is -0.481. The molecule has 1 aliphatic rings. The van der Waals surface area contributed by atoms with Crippen LogP contribution in [0.4, 0.5) is 10.3 Å². The second-order valence-electron chi connectivity index (χ2n) is 8.81. The average Bonchev–Trinajstić information content (AvgIpc) is 3.32. The summed E-state index contributed by atoms with van der Waals surface area (Å²) >= 11 is 0. The number of likely N-dealkylation sites (tertiary alicyclic amines) is 1. The zero-order chi connectivity index (χ0) is 24.4. The summed E-state index contributed by atoms with van der Waals surface area (Å²) in [5, 5.41) is 0. The number of carbonyl (C=O) groups is 1. The van der Waals surface area contributed by atoms with E-state index in [0.717, 1.165) is 59.4 Å². The van der Waals surface area contributed by atoms with Gasteiger partial charge in [-0.25, -0.2) is 14.4 Å². The molecule has 1 saturated heterocycles. The highest BCUT2D eigenvalue weighted by atomic mass is 19.1. The number of anilines is 1. The number of amides is 1. The maximum absolute atomic E-state index is 13.7. The van der Waals surface area contributed by atoms with Crippen LogP contribution in [0.3, 0.4) is 0 Å². The molecule has 35 heavy (non-hydrogen) atoms. The van der Waals surface area contributed by atoms with Gasteiger partial charge in [-0.15, -0.1) is 0 Å². The first-order chi connectivity index (χ1) is 17.0. The minimum absolute atomic E-state index is 0.0466. The van der Waals surface area contributed by atoms with Gasteiger partial charge in [0.05, 0.1) is 11.7 Å². The molecule has 7 heteroatoms. The van der Waals surface area contributed by atoms with E-state index in [1.807, 2.05) is 24.3 Å². The van der Waals surface area contributed by atoms with Gasteiger partial charge in [0.15, 0.2) is 0 Å². The fourth-order valence-corrected chi connectivity index (χ4v) is 4.80. The number of nitrogens with two attached hydrogens (primary N) is 2. The van der Waals surface area contributed by atoms with Crippen molar-refractivity contribution in [2.75, 3.05) is 12.3 Å². The number of hydrogen-bond donors (Lipinski definition) is 2. The summed E-state index contributed by atoms with van der Waals surface area (Å²) < 4.78 is 13.7. The summed E-state index contributed by atoms with van der Waals surface area (Å²) in [5.41, 5.74) is 17.4. The third-order valence-electron chi connectivity index (χ3n) is 6.44. The third-order valence-corrected chi connectivity index (χ3v) is 6.44. The maximum atomic E-state index is 13.7. The lowest BCUT2D eigenvalue weighted by molar-refractivity contribution is 0.100. The summed E-state index contributed by atoms with van der Waals surface area (Å²) in [5.74, 6) is -0.512. The van der Waals surface area contributed by atoms with Crippen molar-refractivity contribution >= 4 is 11.9 Å². The van der Waals surface area contributed by atoms with E-state index in [4.69, 9.17) is 11.5 Å². The zero-order valence-corrected chi connectivity index (χ0v) is 19.2. The van der Waals surface area contributed by atoms with Crippen LogP contribution in [-0.4, -0.2) is 27.3 Å². The standard InChI is InChI=1S/C28H26FN5O/c29-23-10-3-7-20(15-23)19-6-1-5-18(13-19)17-34-12-4-11-25(34)26-24(16-32-28(31)33-26)21-8-2-9-22(14-21)27(30)35/h1-3,5-10,13-16,25H,4,11-12,17H2,(H2,30,35)(H2,31,32,33)/t25-/m0/s1. The molecule has 0 bridgehead atoms. The molecule has 0 aliphatic carbocycles. The first-order valence-corrected chi connectivity index (χ1v) is 11.6.